The van der Waals surface area contributed by atoms with Gasteiger partial charge in [-0.2, -0.15) is 0 Å². The lowest BCUT2D eigenvalue weighted by Gasteiger charge is -2.29. The maximum Gasteiger partial charge on any atom is 0.476 e. The predicted molar refractivity (Wildman–Crippen MR) is 87.2 cm³/mol. The van der Waals surface area contributed by atoms with E-state index in [9.17, 15) is 17.8 Å². The van der Waals surface area contributed by atoms with Gasteiger partial charge in [-0.3, -0.25) is 18.4 Å². The molecule has 0 unspecified atom stereocenters. The topological polar surface area (TPSA) is 99.2 Å². The molecule has 0 saturated heterocycles. The zero-order valence-corrected chi connectivity index (χ0v) is 16.1. The lowest BCUT2D eigenvalue weighted by Crippen LogP contribution is -2.35. The highest BCUT2D eigenvalue weighted by Crippen LogP contribution is 2.51. The molecule has 0 N–H and O–H groups in total. The molecular formula is C14H24NO7PS. The second kappa shape index (κ2) is 6.88. The van der Waals surface area contributed by atoms with Crippen LogP contribution in [-0.2, 0) is 33.0 Å². The Labute approximate surface area is 142 Å². The van der Waals surface area contributed by atoms with Crippen LogP contribution >= 0.6 is 7.82 Å². The van der Waals surface area contributed by atoms with Crippen molar-refractivity contribution in [2.45, 2.75) is 47.0 Å². The first-order valence-electron chi connectivity index (χ1n) is 7.93. The van der Waals surface area contributed by atoms with Crippen LogP contribution in [-0.4, -0.2) is 38.6 Å². The molecule has 0 radical (unpaired) electrons. The number of hydrogen-bond acceptors (Lipinski definition) is 7. The number of phosphoric ester groups is 1. The minimum Gasteiger partial charge on any atom is -0.287 e. The molecule has 1 heterocycles. The molecule has 0 aromatic carbocycles. The van der Waals surface area contributed by atoms with Crippen molar-refractivity contribution in [1.29, 1.82) is 0 Å². The Kier molecular flexibility index (Phi) is 5.62. The third kappa shape index (κ3) is 3.46. The number of nitrogens with zero attached hydrogens (tertiary/aromatic N) is 1. The van der Waals surface area contributed by atoms with Gasteiger partial charge in [-0.05, 0) is 38.5 Å². The van der Waals surface area contributed by atoms with E-state index >= 15 is 0 Å². The molecule has 24 heavy (non-hydrogen) atoms. The molecule has 0 aromatic rings. The molecular weight excluding hydrogens is 357 g/mol. The monoisotopic (exact) mass is 381 g/mol. The van der Waals surface area contributed by atoms with Crippen molar-refractivity contribution >= 4 is 23.8 Å². The zero-order chi connectivity index (χ0) is 18.2. The van der Waals surface area contributed by atoms with Gasteiger partial charge in [0.25, 0.3) is 15.9 Å². The van der Waals surface area contributed by atoms with Crippen LogP contribution in [0.25, 0.3) is 0 Å². The quantitative estimate of drug-likeness (QED) is 0.625. The molecule has 8 nitrogen and oxygen atoms in total. The summed E-state index contributed by atoms with van der Waals surface area (Å²) in [6.07, 6.45) is 1.76. The van der Waals surface area contributed by atoms with Crippen LogP contribution in [0.2, 0.25) is 0 Å². The lowest BCUT2D eigenvalue weighted by molar-refractivity contribution is -0.125. The minimum atomic E-state index is -3.95. The average Bonchev–Trinajstić information content (AvgIpc) is 2.65. The van der Waals surface area contributed by atoms with Gasteiger partial charge >= 0.3 is 7.82 Å². The van der Waals surface area contributed by atoms with E-state index in [2.05, 4.69) is 0 Å². The second-order valence-corrected chi connectivity index (χ2v) is 9.79. The summed E-state index contributed by atoms with van der Waals surface area (Å²) in [6, 6.07) is 0. The zero-order valence-electron chi connectivity index (χ0n) is 14.4. The summed E-state index contributed by atoms with van der Waals surface area (Å²) >= 11 is 0. The van der Waals surface area contributed by atoms with E-state index in [-0.39, 0.29) is 18.1 Å². The van der Waals surface area contributed by atoms with Gasteiger partial charge in [0.1, 0.15) is 6.73 Å². The number of hydrogen-bond donors (Lipinski definition) is 0. The first-order chi connectivity index (χ1) is 11.1. The summed E-state index contributed by atoms with van der Waals surface area (Å²) in [4.78, 5) is 12.8. The van der Waals surface area contributed by atoms with Crippen LogP contribution in [0.4, 0.5) is 0 Å². The van der Waals surface area contributed by atoms with E-state index in [4.69, 9.17) is 13.6 Å². The normalized spacial score (nSPS) is 22.8. The standard InChI is InChI=1S/C14H24NO7PS/c1-5-20-23(17,21-6-2)22-10-15-13(16)12-11(24(15,18)19)8-7-9-14(12,3)4/h5-10H2,1-4H3. The maximum absolute atomic E-state index is 12.7. The van der Waals surface area contributed by atoms with Crippen molar-refractivity contribution in [3.63, 3.8) is 0 Å². The van der Waals surface area contributed by atoms with Crippen LogP contribution in [0.15, 0.2) is 10.5 Å². The van der Waals surface area contributed by atoms with Gasteiger partial charge in [-0.1, -0.05) is 13.8 Å². The van der Waals surface area contributed by atoms with Crippen molar-refractivity contribution in [3.8, 4) is 0 Å². The molecule has 0 saturated carbocycles. The Morgan fingerprint density at radius 1 is 1.17 bits per heavy atom. The molecule has 2 rings (SSSR count). The van der Waals surface area contributed by atoms with Gasteiger partial charge in [0.15, 0.2) is 0 Å². The fraction of sp³-hybridized carbons (Fsp3) is 0.786. The van der Waals surface area contributed by atoms with E-state index < -0.39 is 35.9 Å². The van der Waals surface area contributed by atoms with Crippen LogP contribution in [0.5, 0.6) is 0 Å². The molecule has 0 spiro atoms. The van der Waals surface area contributed by atoms with Crippen LogP contribution in [0.3, 0.4) is 0 Å². The van der Waals surface area contributed by atoms with E-state index in [1.54, 1.807) is 13.8 Å². The SMILES string of the molecule is CCOP(=O)(OCC)OCN1C(=O)C2=C(CCCC2(C)C)S1(=O)=O. The fourth-order valence-corrected chi connectivity index (χ4v) is 6.01. The third-order valence-electron chi connectivity index (χ3n) is 4.11. The molecule has 0 aromatic heterocycles. The fourth-order valence-electron chi connectivity index (χ4n) is 3.03. The first-order valence-corrected chi connectivity index (χ1v) is 10.8. The summed E-state index contributed by atoms with van der Waals surface area (Å²) in [5.41, 5.74) is -0.212. The molecule has 10 heteroatoms. The molecule has 1 amide bonds. The molecule has 2 aliphatic rings. The third-order valence-corrected chi connectivity index (χ3v) is 7.57. The average molecular weight is 381 g/mol. The van der Waals surface area contributed by atoms with Crippen LogP contribution in [0.1, 0.15) is 47.0 Å². The molecule has 0 bridgehead atoms. The molecule has 138 valence electrons. The highest BCUT2D eigenvalue weighted by atomic mass is 32.2. The molecule has 0 atom stereocenters. The number of phosphoric acid groups is 1. The molecule has 1 aliphatic carbocycles. The summed E-state index contributed by atoms with van der Waals surface area (Å²) < 4.78 is 53.2. The number of carbonyl (C=O) groups excluding carboxylic acids is 1. The summed E-state index contributed by atoms with van der Waals surface area (Å²) in [6.45, 7) is 6.36. The Morgan fingerprint density at radius 3 is 2.25 bits per heavy atom. The largest absolute Gasteiger partial charge is 0.476 e. The smallest absolute Gasteiger partial charge is 0.287 e. The van der Waals surface area contributed by atoms with Crippen LogP contribution < -0.4 is 0 Å². The summed E-state index contributed by atoms with van der Waals surface area (Å²) in [5, 5.41) is 0. The van der Waals surface area contributed by atoms with Crippen molar-refractivity contribution in [2.24, 2.45) is 5.41 Å². The van der Waals surface area contributed by atoms with Crippen molar-refractivity contribution in [1.82, 2.24) is 4.31 Å². The molecule has 0 fully saturated rings. The van der Waals surface area contributed by atoms with E-state index in [1.807, 2.05) is 13.8 Å². The minimum absolute atomic E-state index is 0.0692. The van der Waals surface area contributed by atoms with Crippen molar-refractivity contribution in [3.05, 3.63) is 10.5 Å². The predicted octanol–water partition coefficient (Wildman–Crippen LogP) is 2.78. The highest BCUT2D eigenvalue weighted by Gasteiger charge is 2.50. The van der Waals surface area contributed by atoms with Gasteiger partial charge in [-0.15, -0.1) is 0 Å². The van der Waals surface area contributed by atoms with E-state index in [0.29, 0.717) is 22.7 Å². The van der Waals surface area contributed by atoms with Gasteiger partial charge in [0, 0.05) is 5.57 Å². The number of sulfonamides is 1. The number of rotatable bonds is 7. The number of carbonyl (C=O) groups is 1. The Hall–Kier alpha value is -0.730. The lowest BCUT2D eigenvalue weighted by atomic mass is 9.75. The van der Waals surface area contributed by atoms with E-state index in [0.717, 1.165) is 6.42 Å². The number of allylic oxidation sites excluding steroid dienone is 1. The van der Waals surface area contributed by atoms with Gasteiger partial charge in [0.05, 0.1) is 18.1 Å². The van der Waals surface area contributed by atoms with E-state index in [1.165, 1.54) is 0 Å². The van der Waals surface area contributed by atoms with Crippen molar-refractivity contribution < 1.29 is 31.3 Å². The number of amides is 1. The second-order valence-electron chi connectivity index (χ2n) is 6.24. The van der Waals surface area contributed by atoms with Gasteiger partial charge < -0.3 is 0 Å². The van der Waals surface area contributed by atoms with Crippen molar-refractivity contribution in [2.75, 3.05) is 19.9 Å². The van der Waals surface area contributed by atoms with Gasteiger partial charge in [-0.25, -0.2) is 17.3 Å². The Bertz CT molecular complexity index is 688. The summed E-state index contributed by atoms with van der Waals surface area (Å²) in [5.74, 6) is -0.616. The maximum atomic E-state index is 12.7. The molecule has 1 aliphatic heterocycles. The Morgan fingerprint density at radius 2 is 1.75 bits per heavy atom. The highest BCUT2D eigenvalue weighted by molar-refractivity contribution is 7.94. The van der Waals surface area contributed by atoms with Gasteiger partial charge in [0.2, 0.25) is 0 Å². The first kappa shape index (κ1) is 19.6. The van der Waals surface area contributed by atoms with Crippen LogP contribution in [0, 0.1) is 5.41 Å². The Balaban J connectivity index is 2.25. The summed E-state index contributed by atoms with van der Waals surface area (Å²) in [7, 11) is -7.86.